The van der Waals surface area contributed by atoms with E-state index in [1.165, 1.54) is 19.3 Å². The second kappa shape index (κ2) is 16.0. The Labute approximate surface area is 65.0 Å². The van der Waals surface area contributed by atoms with Crippen molar-refractivity contribution in [1.82, 2.24) is 5.32 Å². The lowest BCUT2D eigenvalue weighted by atomic mass is 10.3. The number of hydrogen-bond donors (Lipinski definition) is 1. The molecule has 0 fully saturated rings. The molecule has 2 heteroatoms. The van der Waals surface area contributed by atoms with Gasteiger partial charge in [0.25, 0.3) is 0 Å². The first-order chi connectivity index (χ1) is 4.83. The van der Waals surface area contributed by atoms with Crippen molar-refractivity contribution < 1.29 is 4.74 Å². The largest absolute Gasteiger partial charge is 0.385 e. The van der Waals surface area contributed by atoms with Gasteiger partial charge in [-0.25, -0.2) is 0 Å². The van der Waals surface area contributed by atoms with Gasteiger partial charge in [-0.3, -0.25) is 0 Å². The maximum atomic E-state index is 4.84. The van der Waals surface area contributed by atoms with Gasteiger partial charge in [-0.2, -0.15) is 0 Å². The Morgan fingerprint density at radius 3 is 2.00 bits per heavy atom. The summed E-state index contributed by atoms with van der Waals surface area (Å²) < 4.78 is 4.84. The lowest BCUT2D eigenvalue weighted by molar-refractivity contribution is 0.192. The summed E-state index contributed by atoms with van der Waals surface area (Å²) in [7, 11) is 5.50. The van der Waals surface area contributed by atoms with Gasteiger partial charge < -0.3 is 10.1 Å². The zero-order chi connectivity index (χ0) is 8.24. The number of hydrogen-bond acceptors (Lipinski definition) is 2. The number of rotatable bonds is 4. The van der Waals surface area contributed by atoms with Crippen molar-refractivity contribution in [2.45, 2.75) is 26.2 Å². The van der Waals surface area contributed by atoms with Gasteiger partial charge in [-0.05, 0) is 20.5 Å². The molecule has 0 saturated carbocycles. The molecule has 0 aliphatic rings. The molecule has 0 aromatic carbocycles. The lowest BCUT2D eigenvalue weighted by Crippen LogP contribution is -1.89. The summed E-state index contributed by atoms with van der Waals surface area (Å²) in [6, 6.07) is 0. The molecular formula is C8H21NO. The van der Waals surface area contributed by atoms with E-state index in [9.17, 15) is 0 Å². The van der Waals surface area contributed by atoms with Gasteiger partial charge in [0.05, 0.1) is 0 Å². The number of nitrogens with one attached hydrogen (secondary N) is 1. The Kier molecular flexibility index (Phi) is 20.1. The van der Waals surface area contributed by atoms with Crippen molar-refractivity contribution in [2.24, 2.45) is 0 Å². The summed E-state index contributed by atoms with van der Waals surface area (Å²) in [5.41, 5.74) is 0. The Bertz CT molecular complexity index is 36.2. The topological polar surface area (TPSA) is 21.3 Å². The third-order valence-corrected chi connectivity index (χ3v) is 0.952. The molecule has 1 N–H and O–H groups in total. The molecule has 0 aliphatic heterocycles. The molecule has 0 bridgehead atoms. The highest BCUT2D eigenvalue weighted by molar-refractivity contribution is 4.32. The first kappa shape index (κ1) is 12.6. The summed E-state index contributed by atoms with van der Waals surface area (Å²) in [5, 5.41) is 2.75. The molecule has 2 nitrogen and oxygen atoms in total. The average molecular weight is 147 g/mol. The fraction of sp³-hybridized carbons (Fsp3) is 1.00. The molecule has 0 radical (unpaired) electrons. The third kappa shape index (κ3) is 24.7. The van der Waals surface area contributed by atoms with E-state index in [-0.39, 0.29) is 0 Å². The first-order valence-corrected chi connectivity index (χ1v) is 3.90. The number of methoxy groups -OCH3 is 1. The molecule has 0 atom stereocenters. The number of unbranched alkanes of at least 4 members (excludes halogenated alkanes) is 2. The SMILES string of the molecule is CCCCCOC.CNC. The van der Waals surface area contributed by atoms with Crippen LogP contribution in [-0.2, 0) is 4.74 Å². The fourth-order valence-corrected chi connectivity index (χ4v) is 0.496. The van der Waals surface area contributed by atoms with Gasteiger partial charge >= 0.3 is 0 Å². The first-order valence-electron chi connectivity index (χ1n) is 3.90. The van der Waals surface area contributed by atoms with Crippen molar-refractivity contribution in [3.05, 3.63) is 0 Å². The van der Waals surface area contributed by atoms with Crippen molar-refractivity contribution in [2.75, 3.05) is 27.8 Å². The molecule has 0 aromatic heterocycles. The van der Waals surface area contributed by atoms with Gasteiger partial charge in [0.15, 0.2) is 0 Å². The summed E-state index contributed by atoms with van der Waals surface area (Å²) in [6.07, 6.45) is 3.80. The molecule has 0 amide bonds. The normalized spacial score (nSPS) is 8.40. The Morgan fingerprint density at radius 1 is 1.20 bits per heavy atom. The molecule has 10 heavy (non-hydrogen) atoms. The molecule has 0 saturated heterocycles. The van der Waals surface area contributed by atoms with Gasteiger partial charge in [0.1, 0.15) is 0 Å². The summed E-state index contributed by atoms with van der Waals surface area (Å²) in [5.74, 6) is 0. The van der Waals surface area contributed by atoms with Crippen molar-refractivity contribution in [3.8, 4) is 0 Å². The van der Waals surface area contributed by atoms with E-state index in [2.05, 4.69) is 12.2 Å². The fourth-order valence-electron chi connectivity index (χ4n) is 0.496. The van der Waals surface area contributed by atoms with Gasteiger partial charge in [0.2, 0.25) is 0 Å². The van der Waals surface area contributed by atoms with Crippen molar-refractivity contribution in [3.63, 3.8) is 0 Å². The highest BCUT2D eigenvalue weighted by Crippen LogP contribution is 1.91. The molecule has 0 aromatic rings. The maximum Gasteiger partial charge on any atom is 0.0462 e. The second-order valence-electron chi connectivity index (χ2n) is 2.20. The maximum absolute atomic E-state index is 4.84. The van der Waals surface area contributed by atoms with E-state index in [4.69, 9.17) is 4.74 Å². The van der Waals surface area contributed by atoms with E-state index >= 15 is 0 Å². The van der Waals surface area contributed by atoms with Crippen LogP contribution in [0.4, 0.5) is 0 Å². The van der Waals surface area contributed by atoms with E-state index in [0.29, 0.717) is 0 Å². The van der Waals surface area contributed by atoms with Crippen LogP contribution in [0.3, 0.4) is 0 Å². The Hall–Kier alpha value is -0.0800. The highest BCUT2D eigenvalue weighted by Gasteiger charge is 1.79. The molecular weight excluding hydrogens is 126 g/mol. The van der Waals surface area contributed by atoms with Crippen LogP contribution in [-0.4, -0.2) is 27.8 Å². The molecule has 0 rings (SSSR count). The molecule has 0 aliphatic carbocycles. The summed E-state index contributed by atoms with van der Waals surface area (Å²) in [4.78, 5) is 0. The van der Waals surface area contributed by atoms with Crippen molar-refractivity contribution in [1.29, 1.82) is 0 Å². The molecule has 64 valence electrons. The van der Waals surface area contributed by atoms with Crippen LogP contribution >= 0.6 is 0 Å². The predicted octanol–water partition coefficient (Wildman–Crippen LogP) is 1.66. The van der Waals surface area contributed by atoms with Gasteiger partial charge in [0, 0.05) is 13.7 Å². The summed E-state index contributed by atoms with van der Waals surface area (Å²) >= 11 is 0. The standard InChI is InChI=1S/C6H14O.C2H7N/c1-3-4-5-6-7-2;1-3-2/h3-6H2,1-2H3;3H,1-2H3. The third-order valence-electron chi connectivity index (χ3n) is 0.952. The van der Waals surface area contributed by atoms with Gasteiger partial charge in [-0.1, -0.05) is 19.8 Å². The van der Waals surface area contributed by atoms with Crippen LogP contribution in [0.15, 0.2) is 0 Å². The number of ether oxygens (including phenoxy) is 1. The smallest absolute Gasteiger partial charge is 0.0462 e. The van der Waals surface area contributed by atoms with E-state index in [1.807, 2.05) is 14.1 Å². The quantitative estimate of drug-likeness (QED) is 0.611. The second-order valence-corrected chi connectivity index (χ2v) is 2.20. The Morgan fingerprint density at radius 2 is 1.70 bits per heavy atom. The molecule has 0 spiro atoms. The van der Waals surface area contributed by atoms with E-state index in [0.717, 1.165) is 6.61 Å². The Balaban J connectivity index is 0. The minimum Gasteiger partial charge on any atom is -0.385 e. The van der Waals surface area contributed by atoms with E-state index in [1.54, 1.807) is 7.11 Å². The minimum absolute atomic E-state index is 0.924. The van der Waals surface area contributed by atoms with Crippen LogP contribution < -0.4 is 5.32 Å². The minimum atomic E-state index is 0.924. The van der Waals surface area contributed by atoms with Crippen LogP contribution in [0.1, 0.15) is 26.2 Å². The zero-order valence-corrected chi connectivity index (χ0v) is 7.74. The predicted molar refractivity (Wildman–Crippen MR) is 46.4 cm³/mol. The highest BCUT2D eigenvalue weighted by atomic mass is 16.5. The monoisotopic (exact) mass is 147 g/mol. The van der Waals surface area contributed by atoms with Gasteiger partial charge in [-0.15, -0.1) is 0 Å². The van der Waals surface area contributed by atoms with Crippen molar-refractivity contribution >= 4 is 0 Å². The lowest BCUT2D eigenvalue weighted by Gasteiger charge is -1.92. The average Bonchev–Trinajstić information content (AvgIpc) is 1.91. The summed E-state index contributed by atoms with van der Waals surface area (Å²) in [6.45, 7) is 3.11. The van der Waals surface area contributed by atoms with Crippen LogP contribution in [0.25, 0.3) is 0 Å². The molecule has 0 heterocycles. The van der Waals surface area contributed by atoms with Crippen LogP contribution in [0.5, 0.6) is 0 Å². The van der Waals surface area contributed by atoms with E-state index < -0.39 is 0 Å². The van der Waals surface area contributed by atoms with Crippen LogP contribution in [0, 0.1) is 0 Å². The van der Waals surface area contributed by atoms with Crippen LogP contribution in [0.2, 0.25) is 0 Å². The zero-order valence-electron chi connectivity index (χ0n) is 7.74. The molecule has 0 unspecified atom stereocenters.